The second kappa shape index (κ2) is 8.21. The Labute approximate surface area is 184 Å². The van der Waals surface area contributed by atoms with Gasteiger partial charge in [-0.1, -0.05) is 11.6 Å². The van der Waals surface area contributed by atoms with Crippen molar-refractivity contribution in [1.29, 1.82) is 5.26 Å². The van der Waals surface area contributed by atoms with Crippen LogP contribution in [0.1, 0.15) is 11.1 Å². The number of aromatic nitrogens is 1. The number of hydrogen-bond acceptors (Lipinski definition) is 6. The smallest absolute Gasteiger partial charge is 0.168 e. The fourth-order valence-corrected chi connectivity index (χ4v) is 3.99. The topological polar surface area (TPSA) is 76.4 Å². The van der Waals surface area contributed by atoms with Gasteiger partial charge >= 0.3 is 0 Å². The largest absolute Gasteiger partial charge is 0.495 e. The van der Waals surface area contributed by atoms with Crippen LogP contribution < -0.4 is 19.5 Å². The molecule has 0 aliphatic rings. The summed E-state index contributed by atoms with van der Waals surface area (Å²) in [5.74, 6) is 1.83. The summed E-state index contributed by atoms with van der Waals surface area (Å²) in [6.07, 6.45) is 1.57. The van der Waals surface area contributed by atoms with E-state index in [-0.39, 0.29) is 0 Å². The van der Waals surface area contributed by atoms with Gasteiger partial charge in [-0.3, -0.25) is 4.98 Å². The van der Waals surface area contributed by atoms with Crippen molar-refractivity contribution in [2.45, 2.75) is 6.92 Å². The van der Waals surface area contributed by atoms with Crippen LogP contribution in [0.5, 0.6) is 17.2 Å². The molecule has 0 radical (unpaired) electrons. The summed E-state index contributed by atoms with van der Waals surface area (Å²) in [6.45, 7) is 1.94. The van der Waals surface area contributed by atoms with E-state index in [4.69, 9.17) is 25.8 Å². The first-order chi connectivity index (χ1) is 15.0. The summed E-state index contributed by atoms with van der Waals surface area (Å²) < 4.78 is 16.3. The van der Waals surface area contributed by atoms with Crippen molar-refractivity contribution in [1.82, 2.24) is 4.98 Å². The summed E-state index contributed by atoms with van der Waals surface area (Å²) in [5, 5.41) is 16.2. The van der Waals surface area contributed by atoms with Gasteiger partial charge in [0.05, 0.1) is 43.1 Å². The Morgan fingerprint density at radius 1 is 0.935 bits per heavy atom. The molecule has 31 heavy (non-hydrogen) atoms. The average molecular weight is 434 g/mol. The Kier molecular flexibility index (Phi) is 5.45. The van der Waals surface area contributed by atoms with E-state index in [0.29, 0.717) is 33.5 Å². The molecule has 0 fully saturated rings. The van der Waals surface area contributed by atoms with E-state index in [1.165, 1.54) is 0 Å². The lowest BCUT2D eigenvalue weighted by atomic mass is 10.0. The van der Waals surface area contributed by atoms with Crippen LogP contribution in [0.25, 0.3) is 21.7 Å². The van der Waals surface area contributed by atoms with E-state index in [9.17, 15) is 5.26 Å². The number of pyridine rings is 1. The number of fused-ring (bicyclic) bond motifs is 3. The molecule has 0 saturated carbocycles. The van der Waals surface area contributed by atoms with Crippen LogP contribution >= 0.6 is 11.6 Å². The molecule has 0 unspecified atom stereocenters. The van der Waals surface area contributed by atoms with E-state index in [1.807, 2.05) is 43.3 Å². The highest BCUT2D eigenvalue weighted by Crippen LogP contribution is 2.41. The number of nitrogens with one attached hydrogen (secondary N) is 1. The summed E-state index contributed by atoms with van der Waals surface area (Å²) in [6, 6.07) is 13.5. The summed E-state index contributed by atoms with van der Waals surface area (Å²) in [4.78, 5) is 4.58. The SMILES string of the molecule is COc1cc(Nc2c(C#N)cnc3c2ccc2c(OC)c(OC)ccc23)c(C)cc1Cl. The van der Waals surface area contributed by atoms with Gasteiger partial charge in [-0.05, 0) is 42.8 Å². The molecule has 3 aromatic carbocycles. The van der Waals surface area contributed by atoms with E-state index in [1.54, 1.807) is 27.5 Å². The molecule has 0 saturated heterocycles. The summed E-state index contributed by atoms with van der Waals surface area (Å²) >= 11 is 6.24. The minimum atomic E-state index is 0.431. The van der Waals surface area contributed by atoms with Crippen LogP contribution in [0.2, 0.25) is 5.02 Å². The second-order valence-corrected chi connectivity index (χ2v) is 7.35. The van der Waals surface area contributed by atoms with Gasteiger partial charge in [0.15, 0.2) is 11.5 Å². The number of benzene rings is 3. The lowest BCUT2D eigenvalue weighted by molar-refractivity contribution is 0.358. The lowest BCUT2D eigenvalue weighted by Crippen LogP contribution is -2.00. The third kappa shape index (κ3) is 3.43. The summed E-state index contributed by atoms with van der Waals surface area (Å²) in [7, 11) is 4.78. The summed E-state index contributed by atoms with van der Waals surface area (Å²) in [5.41, 5.74) is 3.56. The van der Waals surface area contributed by atoms with E-state index in [2.05, 4.69) is 16.4 Å². The maximum Gasteiger partial charge on any atom is 0.168 e. The fourth-order valence-electron chi connectivity index (χ4n) is 3.69. The first-order valence-electron chi connectivity index (χ1n) is 9.50. The maximum atomic E-state index is 9.72. The molecule has 0 atom stereocenters. The number of aryl methyl sites for hydroxylation is 1. The zero-order chi connectivity index (χ0) is 22.1. The highest BCUT2D eigenvalue weighted by atomic mass is 35.5. The molecule has 4 aromatic rings. The molecule has 156 valence electrons. The quantitative estimate of drug-likeness (QED) is 0.389. The number of rotatable bonds is 5. The number of anilines is 2. The molecular formula is C24H20ClN3O3. The lowest BCUT2D eigenvalue weighted by Gasteiger charge is -2.17. The third-order valence-corrected chi connectivity index (χ3v) is 5.55. The van der Waals surface area contributed by atoms with Gasteiger partial charge < -0.3 is 19.5 Å². The molecule has 4 rings (SSSR count). The maximum absolute atomic E-state index is 9.72. The van der Waals surface area contributed by atoms with Gasteiger partial charge in [0, 0.05) is 34.1 Å². The highest BCUT2D eigenvalue weighted by molar-refractivity contribution is 6.32. The molecule has 0 aliphatic heterocycles. The minimum absolute atomic E-state index is 0.431. The Hall–Kier alpha value is -3.69. The Morgan fingerprint density at radius 2 is 1.65 bits per heavy atom. The van der Waals surface area contributed by atoms with Crippen molar-refractivity contribution in [3.05, 3.63) is 58.7 Å². The predicted octanol–water partition coefficient (Wildman–Crippen LogP) is 5.99. The molecule has 6 nitrogen and oxygen atoms in total. The second-order valence-electron chi connectivity index (χ2n) is 6.94. The molecular weight excluding hydrogens is 414 g/mol. The van der Waals surface area contributed by atoms with Crippen LogP contribution in [0, 0.1) is 18.3 Å². The van der Waals surface area contributed by atoms with E-state index in [0.717, 1.165) is 32.9 Å². The Morgan fingerprint density at radius 3 is 2.32 bits per heavy atom. The van der Waals surface area contributed by atoms with Gasteiger partial charge in [-0.25, -0.2) is 0 Å². The molecule has 0 bridgehead atoms. The zero-order valence-electron chi connectivity index (χ0n) is 17.5. The van der Waals surface area contributed by atoms with Crippen molar-refractivity contribution in [2.75, 3.05) is 26.6 Å². The van der Waals surface area contributed by atoms with Gasteiger partial charge in [0.1, 0.15) is 11.8 Å². The molecule has 1 N–H and O–H groups in total. The molecule has 1 aromatic heterocycles. The minimum Gasteiger partial charge on any atom is -0.495 e. The van der Waals surface area contributed by atoms with E-state index < -0.39 is 0 Å². The van der Waals surface area contributed by atoms with Crippen LogP contribution in [0.15, 0.2) is 42.6 Å². The number of methoxy groups -OCH3 is 3. The number of ether oxygens (including phenoxy) is 3. The van der Waals surface area contributed by atoms with Crippen LogP contribution in [-0.4, -0.2) is 26.3 Å². The first kappa shape index (κ1) is 20.6. The van der Waals surface area contributed by atoms with Crippen molar-refractivity contribution in [3.63, 3.8) is 0 Å². The molecule has 0 aliphatic carbocycles. The fraction of sp³-hybridized carbons (Fsp3) is 0.167. The normalized spacial score (nSPS) is 10.7. The number of nitriles is 1. The van der Waals surface area contributed by atoms with Crippen molar-refractivity contribution in [2.24, 2.45) is 0 Å². The zero-order valence-corrected chi connectivity index (χ0v) is 18.3. The first-order valence-corrected chi connectivity index (χ1v) is 9.87. The number of hydrogen-bond donors (Lipinski definition) is 1. The van der Waals surface area contributed by atoms with Crippen LogP contribution in [0.3, 0.4) is 0 Å². The van der Waals surface area contributed by atoms with Gasteiger partial charge in [0.2, 0.25) is 0 Å². The molecule has 0 spiro atoms. The molecule has 7 heteroatoms. The van der Waals surface area contributed by atoms with E-state index >= 15 is 0 Å². The Bertz CT molecular complexity index is 1360. The van der Waals surface area contributed by atoms with Crippen molar-refractivity contribution in [3.8, 4) is 23.3 Å². The predicted molar refractivity (Wildman–Crippen MR) is 123 cm³/mol. The Balaban J connectivity index is 1.97. The number of halogens is 1. The van der Waals surface area contributed by atoms with Gasteiger partial charge in [0.25, 0.3) is 0 Å². The van der Waals surface area contributed by atoms with Gasteiger partial charge in [-0.2, -0.15) is 5.26 Å². The highest BCUT2D eigenvalue weighted by Gasteiger charge is 2.17. The third-order valence-electron chi connectivity index (χ3n) is 5.25. The van der Waals surface area contributed by atoms with Crippen LogP contribution in [0.4, 0.5) is 11.4 Å². The monoisotopic (exact) mass is 433 g/mol. The average Bonchev–Trinajstić information content (AvgIpc) is 2.79. The molecule has 0 amide bonds. The van der Waals surface area contributed by atoms with Gasteiger partial charge in [-0.15, -0.1) is 0 Å². The standard InChI is InChI=1S/C24H20ClN3O3/c1-13-9-18(25)21(30-3)10-19(13)28-22-14(11-26)12-27-23-15-7-8-20(29-2)24(31-4)16(15)5-6-17(22)23/h5-10,12H,1-4H3,(H,27,28). The van der Waals surface area contributed by atoms with Crippen molar-refractivity contribution < 1.29 is 14.2 Å². The van der Waals surface area contributed by atoms with Crippen LogP contribution in [-0.2, 0) is 0 Å². The van der Waals surface area contributed by atoms with Crippen molar-refractivity contribution >= 4 is 44.7 Å². The molecule has 1 heterocycles. The number of nitrogens with zero attached hydrogens (tertiary/aromatic N) is 2.